The molecule has 0 amide bonds. The van der Waals surface area contributed by atoms with E-state index in [0.717, 1.165) is 50.7 Å². The first kappa shape index (κ1) is 21.6. The van der Waals surface area contributed by atoms with Crippen molar-refractivity contribution in [3.05, 3.63) is 12.3 Å². The number of ether oxygens (including phenoxy) is 2. The highest BCUT2D eigenvalue weighted by molar-refractivity contribution is 5.96. The second-order valence-electron chi connectivity index (χ2n) is 6.70. The van der Waals surface area contributed by atoms with E-state index in [1.54, 1.807) is 0 Å². The topological polar surface area (TPSA) is 101 Å². The summed E-state index contributed by atoms with van der Waals surface area (Å²) in [5, 5.41) is 0. The predicted molar refractivity (Wildman–Crippen MR) is 104 cm³/mol. The highest BCUT2D eigenvalue weighted by atomic mass is 16.6. The third-order valence-electron chi connectivity index (χ3n) is 4.61. The van der Waals surface area contributed by atoms with Crippen LogP contribution in [0, 0.1) is 0 Å². The second kappa shape index (κ2) is 10.6. The average Bonchev–Trinajstić information content (AvgIpc) is 2.66. The van der Waals surface area contributed by atoms with Crippen LogP contribution in [0.3, 0.4) is 0 Å². The summed E-state index contributed by atoms with van der Waals surface area (Å²) in [4.78, 5) is 48.2. The Hall–Kier alpha value is -2.71. The summed E-state index contributed by atoms with van der Waals surface area (Å²) in [7, 11) is 0. The van der Waals surface area contributed by atoms with E-state index in [1.165, 1.54) is 0 Å². The van der Waals surface area contributed by atoms with Crippen molar-refractivity contribution in [1.29, 1.82) is 0 Å². The lowest BCUT2D eigenvalue weighted by molar-refractivity contribution is -0.162. The fourth-order valence-corrected chi connectivity index (χ4v) is 2.97. The van der Waals surface area contributed by atoms with Crippen LogP contribution in [0.5, 0.6) is 0 Å². The Morgan fingerprint density at radius 2 is 1.36 bits per heavy atom. The Kier molecular flexibility index (Phi) is 8.16. The molecule has 0 unspecified atom stereocenters. The molecule has 0 N–H and O–H groups in total. The molecule has 0 spiro atoms. The maximum absolute atomic E-state index is 11.9. The van der Waals surface area contributed by atoms with E-state index in [-0.39, 0.29) is 12.8 Å². The maximum atomic E-state index is 11.9. The third kappa shape index (κ3) is 6.79. The number of amidine groups is 2. The average molecular weight is 392 g/mol. The molecule has 2 aliphatic rings. The first-order valence-electron chi connectivity index (χ1n) is 9.53. The van der Waals surface area contributed by atoms with Crippen LogP contribution in [0.1, 0.15) is 39.5 Å². The molecule has 154 valence electrons. The van der Waals surface area contributed by atoms with Crippen LogP contribution in [0.4, 0.5) is 0 Å². The largest absolute Gasteiger partial charge is 0.419 e. The smallest absolute Gasteiger partial charge is 0.381 e. The van der Waals surface area contributed by atoms with Crippen LogP contribution in [-0.2, 0) is 23.9 Å². The zero-order valence-electron chi connectivity index (χ0n) is 16.6. The molecular formula is C19H28N4O5. The minimum absolute atomic E-state index is 0.0351. The number of hydrogen-bond donors (Lipinski definition) is 0. The molecule has 0 aromatic heterocycles. The van der Waals surface area contributed by atoms with Gasteiger partial charge in [-0.05, 0) is 33.3 Å². The summed E-state index contributed by atoms with van der Waals surface area (Å²) in [6, 6.07) is 0. The minimum Gasteiger partial charge on any atom is -0.419 e. The minimum atomic E-state index is -1.04. The SMILES string of the molecule is C=C(OC(=O)CCN1CCCN=C1C)C(=O)OC(=O)CCN1CCCN=C1C. The van der Waals surface area contributed by atoms with E-state index in [4.69, 9.17) is 9.47 Å². The lowest BCUT2D eigenvalue weighted by atomic mass is 10.3. The Bertz CT molecular complexity index is 628. The Morgan fingerprint density at radius 3 is 1.82 bits per heavy atom. The van der Waals surface area contributed by atoms with Gasteiger partial charge in [-0.2, -0.15) is 0 Å². The van der Waals surface area contributed by atoms with Crippen molar-refractivity contribution in [1.82, 2.24) is 9.80 Å². The molecule has 9 heteroatoms. The van der Waals surface area contributed by atoms with E-state index in [0.29, 0.717) is 13.1 Å². The number of carbonyl (C=O) groups is 3. The first-order valence-corrected chi connectivity index (χ1v) is 9.53. The molecule has 0 saturated heterocycles. The number of carbonyl (C=O) groups excluding carboxylic acids is 3. The molecular weight excluding hydrogens is 364 g/mol. The molecule has 0 aromatic rings. The standard InChI is InChI=1S/C19H28N4O5/c1-14(27-17(24)6-12-22-10-4-8-20-15(22)2)19(26)28-18(25)7-13-23-11-5-9-21-16(23)3/h1,4-13H2,2-3H3. The van der Waals surface area contributed by atoms with Crippen molar-refractivity contribution in [2.75, 3.05) is 39.3 Å². The van der Waals surface area contributed by atoms with E-state index in [9.17, 15) is 14.4 Å². The van der Waals surface area contributed by atoms with Gasteiger partial charge in [-0.1, -0.05) is 0 Å². The van der Waals surface area contributed by atoms with Crippen LogP contribution in [0.15, 0.2) is 22.3 Å². The Morgan fingerprint density at radius 1 is 0.893 bits per heavy atom. The zero-order valence-corrected chi connectivity index (χ0v) is 16.6. The fraction of sp³-hybridized carbons (Fsp3) is 0.632. The molecule has 0 aromatic carbocycles. The molecule has 2 heterocycles. The summed E-state index contributed by atoms with van der Waals surface area (Å²) in [5.74, 6) is -1.07. The van der Waals surface area contributed by atoms with Gasteiger partial charge in [0.15, 0.2) is 0 Å². The van der Waals surface area contributed by atoms with Gasteiger partial charge in [0.05, 0.1) is 24.5 Å². The van der Waals surface area contributed by atoms with Gasteiger partial charge in [0.25, 0.3) is 0 Å². The molecule has 0 saturated carbocycles. The summed E-state index contributed by atoms with van der Waals surface area (Å²) >= 11 is 0. The molecule has 0 fully saturated rings. The van der Waals surface area contributed by atoms with Crippen LogP contribution in [0.25, 0.3) is 0 Å². The van der Waals surface area contributed by atoms with Gasteiger partial charge in [-0.3, -0.25) is 19.6 Å². The van der Waals surface area contributed by atoms with E-state index in [1.807, 2.05) is 23.6 Å². The lowest BCUT2D eigenvalue weighted by Crippen LogP contribution is -2.36. The fourth-order valence-electron chi connectivity index (χ4n) is 2.97. The van der Waals surface area contributed by atoms with E-state index >= 15 is 0 Å². The van der Waals surface area contributed by atoms with Crippen LogP contribution in [0.2, 0.25) is 0 Å². The van der Waals surface area contributed by atoms with Crippen LogP contribution >= 0.6 is 0 Å². The first-order chi connectivity index (χ1) is 13.4. The third-order valence-corrected chi connectivity index (χ3v) is 4.61. The van der Waals surface area contributed by atoms with Gasteiger partial charge >= 0.3 is 17.9 Å². The predicted octanol–water partition coefficient (Wildman–Crippen LogP) is 1.14. The summed E-state index contributed by atoms with van der Waals surface area (Å²) in [5.41, 5.74) is 0. The number of nitrogens with zero attached hydrogens (tertiary/aromatic N) is 4. The van der Waals surface area contributed by atoms with Crippen LogP contribution in [-0.4, -0.2) is 78.6 Å². The van der Waals surface area contributed by atoms with E-state index in [2.05, 4.69) is 16.6 Å². The molecule has 2 rings (SSSR count). The summed E-state index contributed by atoms with van der Waals surface area (Å²) in [6.07, 6.45) is 1.99. The van der Waals surface area contributed by atoms with E-state index < -0.39 is 23.7 Å². The summed E-state index contributed by atoms with van der Waals surface area (Å²) in [6.45, 7) is 11.3. The number of rotatable bonds is 8. The molecule has 28 heavy (non-hydrogen) atoms. The van der Waals surface area contributed by atoms with Crippen LogP contribution < -0.4 is 0 Å². The zero-order chi connectivity index (χ0) is 20.5. The van der Waals surface area contributed by atoms with Gasteiger partial charge in [0.2, 0.25) is 5.76 Å². The van der Waals surface area contributed by atoms with Gasteiger partial charge in [0, 0.05) is 39.3 Å². The molecule has 0 aliphatic carbocycles. The maximum Gasteiger partial charge on any atom is 0.381 e. The summed E-state index contributed by atoms with van der Waals surface area (Å²) < 4.78 is 9.59. The number of hydrogen-bond acceptors (Lipinski definition) is 9. The van der Waals surface area contributed by atoms with Crippen molar-refractivity contribution in [3.63, 3.8) is 0 Å². The molecule has 2 aliphatic heterocycles. The van der Waals surface area contributed by atoms with Crippen molar-refractivity contribution >= 4 is 29.6 Å². The van der Waals surface area contributed by atoms with Gasteiger partial charge in [-0.25, -0.2) is 4.79 Å². The highest BCUT2D eigenvalue weighted by Gasteiger charge is 2.21. The molecule has 0 atom stereocenters. The Labute approximate surface area is 165 Å². The van der Waals surface area contributed by atoms with Gasteiger partial charge in [0.1, 0.15) is 0 Å². The lowest BCUT2D eigenvalue weighted by Gasteiger charge is -2.27. The number of aliphatic imine (C=N–C) groups is 2. The highest BCUT2D eigenvalue weighted by Crippen LogP contribution is 2.08. The monoisotopic (exact) mass is 392 g/mol. The second-order valence-corrected chi connectivity index (χ2v) is 6.70. The van der Waals surface area contributed by atoms with Crippen molar-refractivity contribution in [3.8, 4) is 0 Å². The van der Waals surface area contributed by atoms with Crippen molar-refractivity contribution < 1.29 is 23.9 Å². The van der Waals surface area contributed by atoms with Crippen molar-refractivity contribution in [2.45, 2.75) is 39.5 Å². The van der Waals surface area contributed by atoms with Gasteiger partial charge in [-0.15, -0.1) is 0 Å². The Balaban J connectivity index is 1.67. The molecule has 9 nitrogen and oxygen atoms in total. The van der Waals surface area contributed by atoms with Gasteiger partial charge < -0.3 is 19.3 Å². The molecule has 0 radical (unpaired) electrons. The number of esters is 3. The van der Waals surface area contributed by atoms with Crippen molar-refractivity contribution in [2.24, 2.45) is 9.98 Å². The molecule has 0 bridgehead atoms. The quantitative estimate of drug-likeness (QED) is 0.264. The normalized spacial score (nSPS) is 16.8.